The molecule has 0 aromatic carbocycles. The molecule has 0 aromatic heterocycles. The molecule has 1 unspecified atom stereocenters. The Labute approximate surface area is 154 Å². The van der Waals surface area contributed by atoms with Gasteiger partial charge in [0.2, 0.25) is 0 Å². The van der Waals surface area contributed by atoms with Crippen molar-refractivity contribution in [1.82, 2.24) is 9.80 Å². The quantitative estimate of drug-likeness (QED) is 0.506. The molecule has 0 saturated carbocycles. The summed E-state index contributed by atoms with van der Waals surface area (Å²) in [6, 6.07) is 0. The van der Waals surface area contributed by atoms with Gasteiger partial charge in [-0.2, -0.15) is 0 Å². The highest BCUT2D eigenvalue weighted by atomic mass is 32.2. The van der Waals surface area contributed by atoms with Gasteiger partial charge in [-0.3, -0.25) is 24.1 Å². The second-order valence-electron chi connectivity index (χ2n) is 6.37. The van der Waals surface area contributed by atoms with E-state index >= 15 is 0 Å². The zero-order valence-corrected chi connectivity index (χ0v) is 15.3. The van der Waals surface area contributed by atoms with Crippen LogP contribution in [0.1, 0.15) is 13.3 Å². The van der Waals surface area contributed by atoms with Crippen LogP contribution in [-0.2, 0) is 28.7 Å². The maximum atomic E-state index is 13.0. The van der Waals surface area contributed by atoms with Gasteiger partial charge in [-0.1, -0.05) is 0 Å². The summed E-state index contributed by atoms with van der Waals surface area (Å²) >= 11 is 1.44. The number of thioether (sulfide) groups is 1. The van der Waals surface area contributed by atoms with Crippen molar-refractivity contribution in [2.24, 2.45) is 5.92 Å². The highest BCUT2D eigenvalue weighted by molar-refractivity contribution is 8.00. The van der Waals surface area contributed by atoms with Crippen molar-refractivity contribution in [2.75, 3.05) is 32.6 Å². The number of methoxy groups -OCH3 is 1. The molecule has 0 spiro atoms. The Bertz CT molecular complexity index is 692. The molecule has 3 rings (SSSR count). The first-order chi connectivity index (χ1) is 12.3. The van der Waals surface area contributed by atoms with E-state index in [1.54, 1.807) is 0 Å². The Morgan fingerprint density at radius 1 is 1.35 bits per heavy atom. The van der Waals surface area contributed by atoms with Gasteiger partial charge in [-0.05, 0) is 6.42 Å². The molecule has 3 aliphatic heterocycles. The normalized spacial score (nSPS) is 27.9. The van der Waals surface area contributed by atoms with Crippen LogP contribution in [0.5, 0.6) is 0 Å². The molecular formula is C16H20N2O7S. The third kappa shape index (κ3) is 3.18. The average molecular weight is 384 g/mol. The second kappa shape index (κ2) is 7.28. The standard InChI is InChI=1S/C16H20N2O7S/c1-8(19)25-6-10-7-26-15-12(24-2)14(21)18(15)11(10)13(20)17-4-3-9(5-17)16(22)23/h9,12,15H,3-7H2,1-2H3,(H,22,23)/t9?,12-,15+/m0/s1. The van der Waals surface area contributed by atoms with Crippen LogP contribution in [0.3, 0.4) is 0 Å². The van der Waals surface area contributed by atoms with E-state index in [2.05, 4.69) is 0 Å². The first-order valence-corrected chi connectivity index (χ1v) is 9.25. The van der Waals surface area contributed by atoms with Crippen LogP contribution in [0.25, 0.3) is 0 Å². The molecule has 2 amide bonds. The first-order valence-electron chi connectivity index (χ1n) is 8.20. The Morgan fingerprint density at radius 2 is 2.08 bits per heavy atom. The van der Waals surface area contributed by atoms with Gasteiger partial charge in [0, 0.05) is 38.4 Å². The van der Waals surface area contributed by atoms with Gasteiger partial charge in [-0.25, -0.2) is 0 Å². The Morgan fingerprint density at radius 3 is 2.65 bits per heavy atom. The summed E-state index contributed by atoms with van der Waals surface area (Å²) in [5, 5.41) is 8.84. The lowest BCUT2D eigenvalue weighted by atomic mass is 10.0. The topological polar surface area (TPSA) is 113 Å². The fourth-order valence-corrected chi connectivity index (χ4v) is 4.68. The predicted molar refractivity (Wildman–Crippen MR) is 89.9 cm³/mol. The summed E-state index contributed by atoms with van der Waals surface area (Å²) in [5.41, 5.74) is 0.743. The number of likely N-dealkylation sites (tertiary alicyclic amines) is 1. The monoisotopic (exact) mass is 384 g/mol. The van der Waals surface area contributed by atoms with Crippen molar-refractivity contribution < 1.29 is 33.8 Å². The van der Waals surface area contributed by atoms with Crippen LogP contribution in [0, 0.1) is 5.92 Å². The van der Waals surface area contributed by atoms with Gasteiger partial charge in [0.1, 0.15) is 17.7 Å². The molecule has 2 saturated heterocycles. The Hall–Kier alpha value is -2.07. The molecule has 3 atom stereocenters. The number of rotatable bonds is 5. The minimum absolute atomic E-state index is 0.0756. The molecule has 26 heavy (non-hydrogen) atoms. The Balaban J connectivity index is 1.86. The van der Waals surface area contributed by atoms with E-state index < -0.39 is 29.9 Å². The number of β-lactam (4-membered cyclic amide) rings is 1. The van der Waals surface area contributed by atoms with E-state index in [0.717, 1.165) is 0 Å². The van der Waals surface area contributed by atoms with Crippen molar-refractivity contribution in [3.05, 3.63) is 11.3 Å². The van der Waals surface area contributed by atoms with Crippen molar-refractivity contribution in [2.45, 2.75) is 24.8 Å². The number of nitrogens with zero attached hydrogens (tertiary/aromatic N) is 2. The number of carboxylic acid groups (broad SMARTS) is 1. The summed E-state index contributed by atoms with van der Waals surface area (Å²) in [6.07, 6.45) is -0.232. The highest BCUT2D eigenvalue weighted by Gasteiger charge is 2.54. The van der Waals surface area contributed by atoms with Gasteiger partial charge in [-0.15, -0.1) is 11.8 Å². The van der Waals surface area contributed by atoms with Gasteiger partial charge < -0.3 is 19.5 Å². The molecule has 0 radical (unpaired) electrons. The SMILES string of the molecule is CO[C@H]1C(=O)N2C(C(=O)N3CCC(C(=O)O)C3)=C(COC(C)=O)CS[C@H]12. The maximum Gasteiger partial charge on any atom is 0.308 e. The molecule has 3 aliphatic rings. The number of carbonyl (C=O) groups excluding carboxylic acids is 3. The van der Waals surface area contributed by atoms with E-state index in [4.69, 9.17) is 14.6 Å². The number of hydrogen-bond donors (Lipinski definition) is 1. The van der Waals surface area contributed by atoms with E-state index in [-0.39, 0.29) is 30.1 Å². The van der Waals surface area contributed by atoms with E-state index in [1.165, 1.54) is 35.6 Å². The molecule has 1 N–H and O–H groups in total. The molecule has 9 nitrogen and oxygen atoms in total. The van der Waals surface area contributed by atoms with Crippen molar-refractivity contribution in [3.8, 4) is 0 Å². The first kappa shape index (κ1) is 18.7. The lowest BCUT2D eigenvalue weighted by Gasteiger charge is -2.49. The summed E-state index contributed by atoms with van der Waals surface area (Å²) in [7, 11) is 1.44. The molecule has 10 heteroatoms. The van der Waals surface area contributed by atoms with Crippen LogP contribution in [-0.4, -0.2) is 82.7 Å². The molecular weight excluding hydrogens is 364 g/mol. The largest absolute Gasteiger partial charge is 0.481 e. The van der Waals surface area contributed by atoms with Gasteiger partial charge >= 0.3 is 11.9 Å². The molecule has 2 fully saturated rings. The fourth-order valence-electron chi connectivity index (χ4n) is 3.33. The molecule has 0 aromatic rings. The smallest absolute Gasteiger partial charge is 0.308 e. The van der Waals surface area contributed by atoms with Gasteiger partial charge in [0.15, 0.2) is 6.10 Å². The minimum atomic E-state index is -0.939. The molecule has 142 valence electrons. The minimum Gasteiger partial charge on any atom is -0.481 e. The molecule has 3 heterocycles. The van der Waals surface area contributed by atoms with Crippen LogP contribution < -0.4 is 0 Å². The second-order valence-corrected chi connectivity index (χ2v) is 7.48. The summed E-state index contributed by atoms with van der Waals surface area (Å²) in [5.74, 6) is -2.31. The third-order valence-electron chi connectivity index (χ3n) is 4.73. The summed E-state index contributed by atoms with van der Waals surface area (Å²) in [4.78, 5) is 50.6. The predicted octanol–water partition coefficient (Wildman–Crippen LogP) is -0.333. The maximum absolute atomic E-state index is 13.0. The number of hydrogen-bond acceptors (Lipinski definition) is 7. The van der Waals surface area contributed by atoms with Crippen molar-refractivity contribution >= 4 is 35.5 Å². The van der Waals surface area contributed by atoms with Crippen LogP contribution >= 0.6 is 11.8 Å². The van der Waals surface area contributed by atoms with E-state index in [9.17, 15) is 19.2 Å². The number of ether oxygens (including phenoxy) is 2. The third-order valence-corrected chi connectivity index (χ3v) is 6.04. The van der Waals surface area contributed by atoms with Crippen molar-refractivity contribution in [1.29, 1.82) is 0 Å². The number of esters is 1. The number of carbonyl (C=O) groups is 4. The van der Waals surface area contributed by atoms with Crippen LogP contribution in [0.2, 0.25) is 0 Å². The van der Waals surface area contributed by atoms with Gasteiger partial charge in [0.05, 0.1) is 5.92 Å². The summed E-state index contributed by atoms with van der Waals surface area (Å²) < 4.78 is 10.2. The molecule has 0 bridgehead atoms. The lowest BCUT2D eigenvalue weighted by molar-refractivity contribution is -0.161. The fraction of sp³-hybridized carbons (Fsp3) is 0.625. The molecule has 0 aliphatic carbocycles. The number of aliphatic carboxylic acids is 1. The average Bonchev–Trinajstić information content (AvgIpc) is 3.09. The van der Waals surface area contributed by atoms with E-state index in [0.29, 0.717) is 24.3 Å². The number of fused-ring (bicyclic) bond motifs is 1. The summed E-state index contributed by atoms with van der Waals surface area (Å²) in [6.45, 7) is 1.61. The Kier molecular flexibility index (Phi) is 5.24. The van der Waals surface area contributed by atoms with E-state index in [1.807, 2.05) is 0 Å². The number of carboxylic acids is 1. The zero-order valence-electron chi connectivity index (χ0n) is 14.5. The van der Waals surface area contributed by atoms with Gasteiger partial charge in [0.25, 0.3) is 11.8 Å². The number of amides is 2. The zero-order chi connectivity index (χ0) is 19.0. The van der Waals surface area contributed by atoms with Crippen LogP contribution in [0.4, 0.5) is 0 Å². The highest BCUT2D eigenvalue weighted by Crippen LogP contribution is 2.42. The lowest BCUT2D eigenvalue weighted by Crippen LogP contribution is -2.66. The van der Waals surface area contributed by atoms with Crippen LogP contribution in [0.15, 0.2) is 11.3 Å². The van der Waals surface area contributed by atoms with Crippen molar-refractivity contribution in [3.63, 3.8) is 0 Å².